The molecule has 0 aromatic heterocycles. The second kappa shape index (κ2) is 12.3. The fourth-order valence-electron chi connectivity index (χ4n) is 4.69. The molecule has 13 heteroatoms. The van der Waals surface area contributed by atoms with E-state index < -0.39 is 40.5 Å². The lowest BCUT2D eigenvalue weighted by atomic mass is 10.1. The number of nitrogens with one attached hydrogen (secondary N) is 1. The number of carbonyl (C=O) groups is 4. The Kier molecular flexibility index (Phi) is 9.57. The van der Waals surface area contributed by atoms with E-state index in [1.54, 1.807) is 36.1 Å². The Hall–Kier alpha value is -3.22. The summed E-state index contributed by atoms with van der Waals surface area (Å²) < 4.78 is 28.2. The van der Waals surface area contributed by atoms with E-state index in [4.69, 9.17) is 17.3 Å². The van der Waals surface area contributed by atoms with Crippen molar-refractivity contribution >= 4 is 56.0 Å². The van der Waals surface area contributed by atoms with Gasteiger partial charge >= 0.3 is 0 Å². The maximum Gasteiger partial charge on any atom is 0.245 e. The van der Waals surface area contributed by atoms with Crippen molar-refractivity contribution in [3.05, 3.63) is 41.4 Å². The Morgan fingerprint density at radius 2 is 1.77 bits per heavy atom. The maximum atomic E-state index is 13.7. The van der Waals surface area contributed by atoms with Crippen LogP contribution in [0.3, 0.4) is 0 Å². The predicted molar refractivity (Wildman–Crippen MR) is 147 cm³/mol. The Bertz CT molecular complexity index is 1380. The van der Waals surface area contributed by atoms with Crippen LogP contribution in [0.1, 0.15) is 34.1 Å². The summed E-state index contributed by atoms with van der Waals surface area (Å²) in [5.74, 6) is -2.05. The van der Waals surface area contributed by atoms with Gasteiger partial charge in [0.15, 0.2) is 0 Å². The molecule has 0 unspecified atom stereocenters. The Labute approximate surface area is 233 Å². The molecule has 212 valence electrons. The van der Waals surface area contributed by atoms with Crippen molar-refractivity contribution in [1.82, 2.24) is 19.4 Å². The largest absolute Gasteiger partial charge is 0.369 e. The number of hydrogen-bond acceptors (Lipinski definition) is 6. The minimum absolute atomic E-state index is 0.0831. The molecule has 0 spiro atoms. The molecule has 0 radical (unpaired) electrons. The standard InChI is InChI=1S/C26H34ClN5O6S/c1-16(2)30(12-10-29-18(4)33)25(35)17(3)31-11-9-23(26(31)36)32(15-24(28)34)39(37,38)22-8-6-19-13-21(27)7-5-20(19)14-22/h5-8,13-14,16-17,23H,9-12,15H2,1-4H3,(H2,28,34)(H,29,33)/t17-,23-/m0/s1. The van der Waals surface area contributed by atoms with E-state index in [0.29, 0.717) is 10.4 Å². The van der Waals surface area contributed by atoms with Gasteiger partial charge in [-0.05, 0) is 62.2 Å². The molecule has 4 amide bonds. The zero-order valence-electron chi connectivity index (χ0n) is 22.4. The number of carbonyl (C=O) groups excluding carboxylic acids is 4. The second-order valence-corrected chi connectivity index (χ2v) is 12.1. The molecule has 0 bridgehead atoms. The SMILES string of the molecule is CC(=O)NCCN(C(=O)[C@H](C)N1CC[C@H](N(CC(N)=O)S(=O)(=O)c2ccc3cc(Cl)ccc3c2)C1=O)C(C)C. The summed E-state index contributed by atoms with van der Waals surface area (Å²) in [7, 11) is -4.32. The number of fused-ring (bicyclic) bond motifs is 1. The minimum Gasteiger partial charge on any atom is -0.369 e. The van der Waals surface area contributed by atoms with Crippen molar-refractivity contribution in [1.29, 1.82) is 0 Å². The number of nitrogens with zero attached hydrogens (tertiary/aromatic N) is 3. The first-order chi connectivity index (χ1) is 18.2. The Balaban J connectivity index is 1.86. The molecule has 1 aliphatic rings. The molecule has 11 nitrogen and oxygen atoms in total. The summed E-state index contributed by atoms with van der Waals surface area (Å²) in [6.45, 7) is 6.55. The fraction of sp³-hybridized carbons (Fsp3) is 0.462. The van der Waals surface area contributed by atoms with Crippen LogP contribution in [0.4, 0.5) is 0 Å². The van der Waals surface area contributed by atoms with Crippen LogP contribution in [-0.2, 0) is 29.2 Å². The number of benzene rings is 2. The van der Waals surface area contributed by atoms with Gasteiger partial charge in [0.1, 0.15) is 12.1 Å². The highest BCUT2D eigenvalue weighted by molar-refractivity contribution is 7.89. The van der Waals surface area contributed by atoms with Gasteiger partial charge in [0.2, 0.25) is 33.7 Å². The molecule has 2 aromatic carbocycles. The summed E-state index contributed by atoms with van der Waals surface area (Å²) in [4.78, 5) is 52.8. The lowest BCUT2D eigenvalue weighted by Crippen LogP contribution is -2.54. The van der Waals surface area contributed by atoms with Crippen molar-refractivity contribution < 1.29 is 27.6 Å². The van der Waals surface area contributed by atoms with Crippen LogP contribution in [0.15, 0.2) is 41.3 Å². The number of hydrogen-bond donors (Lipinski definition) is 2. The van der Waals surface area contributed by atoms with Gasteiger partial charge in [0.25, 0.3) is 0 Å². The van der Waals surface area contributed by atoms with E-state index in [0.717, 1.165) is 9.69 Å². The van der Waals surface area contributed by atoms with Crippen molar-refractivity contribution in [2.24, 2.45) is 5.73 Å². The van der Waals surface area contributed by atoms with Crippen LogP contribution < -0.4 is 11.1 Å². The predicted octanol–water partition coefficient (Wildman–Crippen LogP) is 1.33. The molecule has 1 fully saturated rings. The van der Waals surface area contributed by atoms with E-state index in [2.05, 4.69) is 5.32 Å². The lowest BCUT2D eigenvalue weighted by Gasteiger charge is -2.33. The lowest BCUT2D eigenvalue weighted by molar-refractivity contribution is -0.145. The molecule has 0 aliphatic carbocycles. The number of amides is 4. The third kappa shape index (κ3) is 6.87. The molecule has 39 heavy (non-hydrogen) atoms. The molecule has 1 aliphatic heterocycles. The normalized spacial score (nSPS) is 16.6. The van der Waals surface area contributed by atoms with Crippen molar-refractivity contribution in [2.45, 2.75) is 57.1 Å². The molecule has 2 atom stereocenters. The number of nitrogens with two attached hydrogens (primary N) is 1. The second-order valence-electron chi connectivity index (χ2n) is 9.79. The molecular weight excluding hydrogens is 546 g/mol. The van der Waals surface area contributed by atoms with Crippen LogP contribution in [0.2, 0.25) is 5.02 Å². The average Bonchev–Trinajstić information content (AvgIpc) is 3.23. The van der Waals surface area contributed by atoms with Gasteiger partial charge < -0.3 is 20.9 Å². The van der Waals surface area contributed by atoms with Crippen LogP contribution in [0.5, 0.6) is 0 Å². The molecule has 1 saturated heterocycles. The molecule has 3 N–H and O–H groups in total. The smallest absolute Gasteiger partial charge is 0.245 e. The van der Waals surface area contributed by atoms with Crippen LogP contribution in [-0.4, -0.2) is 90.5 Å². The average molecular weight is 580 g/mol. The van der Waals surface area contributed by atoms with Gasteiger partial charge in [0, 0.05) is 37.6 Å². The number of sulfonamides is 1. The first-order valence-electron chi connectivity index (χ1n) is 12.6. The zero-order valence-corrected chi connectivity index (χ0v) is 24.0. The van der Waals surface area contributed by atoms with Crippen LogP contribution >= 0.6 is 11.6 Å². The highest BCUT2D eigenvalue weighted by atomic mass is 35.5. The van der Waals surface area contributed by atoms with E-state index in [1.165, 1.54) is 24.0 Å². The Morgan fingerprint density at radius 1 is 1.13 bits per heavy atom. The number of likely N-dealkylation sites (tertiary alicyclic amines) is 1. The summed E-state index contributed by atoms with van der Waals surface area (Å²) in [5.41, 5.74) is 5.40. The summed E-state index contributed by atoms with van der Waals surface area (Å²) in [5, 5.41) is 4.50. The van der Waals surface area contributed by atoms with Gasteiger partial charge in [-0.3, -0.25) is 19.2 Å². The van der Waals surface area contributed by atoms with E-state index in [-0.39, 0.29) is 48.8 Å². The van der Waals surface area contributed by atoms with Crippen LogP contribution in [0, 0.1) is 0 Å². The summed E-state index contributed by atoms with van der Waals surface area (Å²) >= 11 is 6.03. The first kappa shape index (κ1) is 30.3. The molecule has 2 aromatic rings. The third-order valence-corrected chi connectivity index (χ3v) is 8.79. The van der Waals surface area contributed by atoms with Gasteiger partial charge in [-0.2, -0.15) is 4.31 Å². The quantitative estimate of drug-likeness (QED) is 0.410. The van der Waals surface area contributed by atoms with Crippen molar-refractivity contribution in [3.63, 3.8) is 0 Å². The van der Waals surface area contributed by atoms with E-state index in [9.17, 15) is 27.6 Å². The van der Waals surface area contributed by atoms with Crippen molar-refractivity contribution in [2.75, 3.05) is 26.2 Å². The molecule has 1 heterocycles. The van der Waals surface area contributed by atoms with E-state index >= 15 is 0 Å². The number of rotatable bonds is 11. The highest BCUT2D eigenvalue weighted by Gasteiger charge is 2.45. The number of halogens is 1. The third-order valence-electron chi connectivity index (χ3n) is 6.71. The van der Waals surface area contributed by atoms with E-state index in [1.807, 2.05) is 13.8 Å². The van der Waals surface area contributed by atoms with Gasteiger partial charge in [-0.1, -0.05) is 23.7 Å². The molecular formula is C26H34ClN5O6S. The molecule has 3 rings (SSSR count). The zero-order chi connectivity index (χ0) is 29.1. The highest BCUT2D eigenvalue weighted by Crippen LogP contribution is 2.29. The minimum atomic E-state index is -4.32. The van der Waals surface area contributed by atoms with Gasteiger partial charge in [0.05, 0.1) is 11.4 Å². The topological polar surface area (TPSA) is 150 Å². The van der Waals surface area contributed by atoms with Gasteiger partial charge in [-0.25, -0.2) is 8.42 Å². The van der Waals surface area contributed by atoms with Crippen LogP contribution in [0.25, 0.3) is 10.8 Å². The summed E-state index contributed by atoms with van der Waals surface area (Å²) in [6.07, 6.45) is 0.0831. The fourth-order valence-corrected chi connectivity index (χ4v) is 6.49. The Morgan fingerprint density at radius 3 is 2.38 bits per heavy atom. The molecule has 0 saturated carbocycles. The van der Waals surface area contributed by atoms with Gasteiger partial charge in [-0.15, -0.1) is 0 Å². The first-order valence-corrected chi connectivity index (χ1v) is 14.4. The summed E-state index contributed by atoms with van der Waals surface area (Å²) in [6, 6.07) is 7.16. The monoisotopic (exact) mass is 579 g/mol. The van der Waals surface area contributed by atoms with Crippen molar-refractivity contribution in [3.8, 4) is 0 Å². The maximum absolute atomic E-state index is 13.7. The number of primary amides is 1.